The summed E-state index contributed by atoms with van der Waals surface area (Å²) in [5.74, 6) is -1.62. The van der Waals surface area contributed by atoms with Gasteiger partial charge in [0.1, 0.15) is 0 Å². The first-order valence-electron chi connectivity index (χ1n) is 9.86. The summed E-state index contributed by atoms with van der Waals surface area (Å²) in [7, 11) is 0. The topological polar surface area (TPSA) is 107 Å². The lowest BCUT2D eigenvalue weighted by Crippen LogP contribution is -2.64. The summed E-state index contributed by atoms with van der Waals surface area (Å²) in [6.07, 6.45) is 0.00770. The van der Waals surface area contributed by atoms with Crippen molar-refractivity contribution in [3.8, 4) is 0 Å². The lowest BCUT2D eigenvalue weighted by molar-refractivity contribution is -0.142. The molecule has 1 saturated heterocycles. The number of carbonyl (C=O) groups is 2. The highest BCUT2D eigenvalue weighted by Crippen LogP contribution is 2.29. The number of nitrogens with two attached hydrogens (primary N) is 1. The highest BCUT2D eigenvalue weighted by molar-refractivity contribution is 5.96. The van der Waals surface area contributed by atoms with Gasteiger partial charge in [-0.2, -0.15) is 0 Å². The molecule has 1 aromatic carbocycles. The Morgan fingerprint density at radius 3 is 2.57 bits per heavy atom. The Morgan fingerprint density at radius 1 is 1.32 bits per heavy atom. The lowest BCUT2D eigenvalue weighted by Gasteiger charge is -2.48. The maximum atomic E-state index is 12.9. The number of aryl methyl sites for hydroxylation is 1. The molecular weight excluding hydrogens is 358 g/mol. The molecule has 0 unspecified atom stereocenters. The molecule has 0 aromatic heterocycles. The van der Waals surface area contributed by atoms with E-state index in [9.17, 15) is 14.7 Å². The van der Waals surface area contributed by atoms with Crippen molar-refractivity contribution in [2.45, 2.75) is 58.2 Å². The Bertz CT molecular complexity index is 707. The maximum Gasteiger partial charge on any atom is 0.306 e. The Hall–Kier alpha value is -1.96. The molecule has 1 amide bonds. The summed E-state index contributed by atoms with van der Waals surface area (Å²) in [5.41, 5.74) is 7.90. The van der Waals surface area contributed by atoms with Crippen molar-refractivity contribution in [1.82, 2.24) is 4.90 Å². The molecule has 0 aliphatic carbocycles. The monoisotopic (exact) mass is 391 g/mol. The van der Waals surface area contributed by atoms with Gasteiger partial charge in [-0.05, 0) is 38.3 Å². The summed E-state index contributed by atoms with van der Waals surface area (Å²) < 4.78 is 0. The zero-order chi connectivity index (χ0) is 21.1. The molecule has 7 nitrogen and oxygen atoms in total. The number of aliphatic hydroxyl groups excluding tert-OH is 1. The zero-order valence-electron chi connectivity index (χ0n) is 17.3. The summed E-state index contributed by atoms with van der Waals surface area (Å²) in [6, 6.07) is 7.32. The minimum Gasteiger partial charge on any atom is -0.481 e. The number of carboxylic acid groups (broad SMARTS) is 1. The highest BCUT2D eigenvalue weighted by Gasteiger charge is 2.40. The van der Waals surface area contributed by atoms with Gasteiger partial charge in [0.05, 0.1) is 18.6 Å². The molecule has 0 spiro atoms. The number of hydrogen-bond donors (Lipinski definition) is 3. The van der Waals surface area contributed by atoms with Gasteiger partial charge in [0.15, 0.2) is 0 Å². The maximum absolute atomic E-state index is 12.9. The van der Waals surface area contributed by atoms with E-state index >= 15 is 0 Å². The Morgan fingerprint density at radius 2 is 1.96 bits per heavy atom. The van der Waals surface area contributed by atoms with Crippen LogP contribution in [0.25, 0.3) is 0 Å². The molecule has 28 heavy (non-hydrogen) atoms. The van der Waals surface area contributed by atoms with Crippen molar-refractivity contribution in [2.24, 2.45) is 11.7 Å². The number of piperazine rings is 1. The van der Waals surface area contributed by atoms with Crippen LogP contribution in [0.15, 0.2) is 24.3 Å². The standard InChI is InChI=1S/C21H33N3O4/c1-5-15-8-6-7-9-17(15)24-13-21(3,4)23(12-19(24)26)11-16(22)18(25)10-14(2)20(27)28/h6-9,14,16,18,25H,5,10-13,22H2,1-4H3,(H,27,28)/t14-,16+,18+/m1/s1. The second-order valence-corrected chi connectivity index (χ2v) is 8.36. The van der Waals surface area contributed by atoms with Gasteiger partial charge in [-0.15, -0.1) is 0 Å². The van der Waals surface area contributed by atoms with Crippen molar-refractivity contribution in [3.05, 3.63) is 29.8 Å². The van der Waals surface area contributed by atoms with Gasteiger partial charge in [-0.3, -0.25) is 14.5 Å². The first-order valence-corrected chi connectivity index (χ1v) is 9.86. The van der Waals surface area contributed by atoms with Crippen LogP contribution in [0.5, 0.6) is 0 Å². The van der Waals surface area contributed by atoms with E-state index in [1.165, 1.54) is 0 Å². The van der Waals surface area contributed by atoms with Crippen LogP contribution >= 0.6 is 0 Å². The van der Waals surface area contributed by atoms with Gasteiger partial charge >= 0.3 is 5.97 Å². The van der Waals surface area contributed by atoms with Crippen molar-refractivity contribution in [3.63, 3.8) is 0 Å². The van der Waals surface area contributed by atoms with E-state index in [1.807, 2.05) is 34.1 Å². The van der Waals surface area contributed by atoms with Crippen LogP contribution < -0.4 is 10.6 Å². The van der Waals surface area contributed by atoms with E-state index in [2.05, 4.69) is 20.8 Å². The van der Waals surface area contributed by atoms with Gasteiger partial charge in [0.2, 0.25) is 5.91 Å². The SMILES string of the molecule is CCc1ccccc1N1CC(C)(C)N(C[C@H](N)[C@@H](O)C[C@@H](C)C(=O)O)CC1=O. The zero-order valence-corrected chi connectivity index (χ0v) is 17.3. The van der Waals surface area contributed by atoms with E-state index in [-0.39, 0.29) is 24.4 Å². The molecule has 4 N–H and O–H groups in total. The second kappa shape index (κ2) is 9.03. The Labute approximate surface area is 167 Å². The van der Waals surface area contributed by atoms with Crippen LogP contribution in [0.3, 0.4) is 0 Å². The van der Waals surface area contributed by atoms with Crippen LogP contribution in [0.4, 0.5) is 5.69 Å². The number of aliphatic carboxylic acids is 1. The van der Waals surface area contributed by atoms with E-state index in [1.54, 1.807) is 6.92 Å². The van der Waals surface area contributed by atoms with Gasteiger partial charge in [0, 0.05) is 30.4 Å². The number of benzene rings is 1. The quantitative estimate of drug-likeness (QED) is 0.620. The molecule has 0 bridgehead atoms. The third kappa shape index (κ3) is 5.10. The average Bonchev–Trinajstić information content (AvgIpc) is 2.64. The molecule has 2 rings (SSSR count). The molecule has 1 heterocycles. The number of para-hydroxylation sites is 1. The number of amides is 1. The molecule has 1 aliphatic rings. The average molecular weight is 392 g/mol. The number of carbonyl (C=O) groups excluding carboxylic acids is 1. The molecule has 0 saturated carbocycles. The molecule has 1 aliphatic heterocycles. The van der Waals surface area contributed by atoms with E-state index in [0.29, 0.717) is 13.1 Å². The molecular formula is C21H33N3O4. The fraction of sp³-hybridized carbons (Fsp3) is 0.619. The number of carboxylic acids is 1. The van der Waals surface area contributed by atoms with Crippen LogP contribution in [0.2, 0.25) is 0 Å². The van der Waals surface area contributed by atoms with Crippen molar-refractivity contribution < 1.29 is 19.8 Å². The minimum absolute atomic E-state index is 0.000758. The number of rotatable bonds is 8. The second-order valence-electron chi connectivity index (χ2n) is 8.36. The summed E-state index contributed by atoms with van der Waals surface area (Å²) in [6.45, 7) is 8.80. The van der Waals surface area contributed by atoms with Crippen molar-refractivity contribution in [1.29, 1.82) is 0 Å². The highest BCUT2D eigenvalue weighted by atomic mass is 16.4. The van der Waals surface area contributed by atoms with Crippen molar-refractivity contribution >= 4 is 17.6 Å². The number of hydrogen-bond acceptors (Lipinski definition) is 5. The number of nitrogens with zero attached hydrogens (tertiary/aromatic N) is 2. The first-order chi connectivity index (χ1) is 13.1. The number of aliphatic hydroxyl groups is 1. The molecule has 156 valence electrons. The van der Waals surface area contributed by atoms with Crippen LogP contribution in [0.1, 0.15) is 39.7 Å². The summed E-state index contributed by atoms with van der Waals surface area (Å²) >= 11 is 0. The Kier molecular flexibility index (Phi) is 7.20. The predicted molar refractivity (Wildman–Crippen MR) is 109 cm³/mol. The van der Waals surface area contributed by atoms with Crippen LogP contribution in [0, 0.1) is 5.92 Å². The minimum atomic E-state index is -0.954. The summed E-state index contributed by atoms with van der Waals surface area (Å²) in [5, 5.41) is 19.3. The van der Waals surface area contributed by atoms with Gasteiger partial charge in [-0.1, -0.05) is 32.0 Å². The fourth-order valence-corrected chi connectivity index (χ4v) is 3.66. The summed E-state index contributed by atoms with van der Waals surface area (Å²) in [4.78, 5) is 27.7. The molecule has 7 heteroatoms. The molecule has 1 fully saturated rings. The Balaban J connectivity index is 2.09. The normalized spacial score (nSPS) is 20.6. The van der Waals surface area contributed by atoms with Crippen LogP contribution in [-0.2, 0) is 16.0 Å². The van der Waals surface area contributed by atoms with Crippen LogP contribution in [-0.4, -0.2) is 64.3 Å². The van der Waals surface area contributed by atoms with Gasteiger partial charge in [-0.25, -0.2) is 0 Å². The molecule has 3 atom stereocenters. The smallest absolute Gasteiger partial charge is 0.306 e. The predicted octanol–water partition coefficient (Wildman–Crippen LogP) is 1.48. The largest absolute Gasteiger partial charge is 0.481 e. The third-order valence-electron chi connectivity index (χ3n) is 5.63. The first kappa shape index (κ1) is 22.3. The van der Waals surface area contributed by atoms with E-state index in [0.717, 1.165) is 17.7 Å². The number of anilines is 1. The van der Waals surface area contributed by atoms with E-state index < -0.39 is 24.0 Å². The van der Waals surface area contributed by atoms with Gasteiger partial charge in [0.25, 0.3) is 0 Å². The lowest BCUT2D eigenvalue weighted by atomic mass is 9.94. The molecule has 1 aromatic rings. The van der Waals surface area contributed by atoms with Gasteiger partial charge < -0.3 is 20.8 Å². The van der Waals surface area contributed by atoms with E-state index in [4.69, 9.17) is 10.8 Å². The third-order valence-corrected chi connectivity index (χ3v) is 5.63. The fourth-order valence-electron chi connectivity index (χ4n) is 3.66. The van der Waals surface area contributed by atoms with Crippen molar-refractivity contribution in [2.75, 3.05) is 24.5 Å². The molecule has 0 radical (unpaired) electrons.